The summed E-state index contributed by atoms with van der Waals surface area (Å²) in [4.78, 5) is 4.38. The molecule has 18 heavy (non-hydrogen) atoms. The van der Waals surface area contributed by atoms with Crippen LogP contribution in [0.3, 0.4) is 0 Å². The first-order valence-electron chi connectivity index (χ1n) is 6.09. The Morgan fingerprint density at radius 1 is 1.39 bits per heavy atom. The third-order valence-corrected chi connectivity index (χ3v) is 3.62. The highest BCUT2D eigenvalue weighted by atomic mass is 32.1. The van der Waals surface area contributed by atoms with E-state index in [1.807, 2.05) is 36.6 Å². The van der Waals surface area contributed by atoms with Crippen LogP contribution in [0.15, 0.2) is 29.6 Å². The van der Waals surface area contributed by atoms with E-state index in [4.69, 9.17) is 10.5 Å². The zero-order valence-electron chi connectivity index (χ0n) is 10.7. The number of nitrogens with two attached hydrogens (primary N) is 1. The molecule has 0 saturated heterocycles. The van der Waals surface area contributed by atoms with Gasteiger partial charge in [0.1, 0.15) is 12.4 Å². The van der Waals surface area contributed by atoms with Gasteiger partial charge in [-0.2, -0.15) is 0 Å². The van der Waals surface area contributed by atoms with Crippen LogP contribution in [0.2, 0.25) is 0 Å². The van der Waals surface area contributed by atoms with Gasteiger partial charge >= 0.3 is 0 Å². The first kappa shape index (κ1) is 13.1. The summed E-state index contributed by atoms with van der Waals surface area (Å²) in [6, 6.07) is 7.97. The van der Waals surface area contributed by atoms with Gasteiger partial charge < -0.3 is 10.5 Å². The second-order valence-electron chi connectivity index (χ2n) is 4.20. The minimum Gasteiger partial charge on any atom is -0.487 e. The molecule has 4 heteroatoms. The summed E-state index contributed by atoms with van der Waals surface area (Å²) in [5.41, 5.74) is 8.11. The van der Waals surface area contributed by atoms with Gasteiger partial charge in [-0.25, -0.2) is 4.98 Å². The molecule has 2 aromatic rings. The van der Waals surface area contributed by atoms with Gasteiger partial charge in [-0.15, -0.1) is 11.3 Å². The molecule has 0 aliphatic heterocycles. The lowest BCUT2D eigenvalue weighted by atomic mass is 10.0. The highest BCUT2D eigenvalue weighted by Crippen LogP contribution is 2.26. The molecule has 1 aromatic heterocycles. The van der Waals surface area contributed by atoms with E-state index in [9.17, 15) is 0 Å². The van der Waals surface area contributed by atoms with Crippen LogP contribution in [0, 0.1) is 6.92 Å². The molecule has 0 amide bonds. The van der Waals surface area contributed by atoms with E-state index in [0.29, 0.717) is 6.61 Å². The molecular weight excluding hydrogens is 244 g/mol. The summed E-state index contributed by atoms with van der Waals surface area (Å²) in [7, 11) is 0. The van der Waals surface area contributed by atoms with Gasteiger partial charge in [0, 0.05) is 17.0 Å². The van der Waals surface area contributed by atoms with Crippen molar-refractivity contribution in [2.45, 2.75) is 32.9 Å². The molecule has 3 nitrogen and oxygen atoms in total. The first-order chi connectivity index (χ1) is 8.70. The van der Waals surface area contributed by atoms with Crippen LogP contribution in [0.1, 0.15) is 35.7 Å². The number of thiazole rings is 1. The van der Waals surface area contributed by atoms with E-state index >= 15 is 0 Å². The second kappa shape index (κ2) is 5.98. The average Bonchev–Trinajstić information content (AvgIpc) is 2.81. The zero-order chi connectivity index (χ0) is 13.0. The van der Waals surface area contributed by atoms with Crippen molar-refractivity contribution >= 4 is 11.3 Å². The third kappa shape index (κ3) is 3.09. The van der Waals surface area contributed by atoms with Gasteiger partial charge in [-0.1, -0.05) is 25.1 Å². The van der Waals surface area contributed by atoms with Crippen molar-refractivity contribution in [3.05, 3.63) is 45.9 Å². The maximum Gasteiger partial charge on any atom is 0.131 e. The quantitative estimate of drug-likeness (QED) is 0.898. The first-order valence-corrected chi connectivity index (χ1v) is 6.97. The van der Waals surface area contributed by atoms with Crippen LogP contribution in [0.4, 0.5) is 0 Å². The number of rotatable bonds is 5. The van der Waals surface area contributed by atoms with Crippen LogP contribution in [-0.4, -0.2) is 4.98 Å². The van der Waals surface area contributed by atoms with Gasteiger partial charge in [-0.3, -0.25) is 0 Å². The summed E-state index contributed by atoms with van der Waals surface area (Å²) < 4.78 is 5.82. The number of benzene rings is 1. The van der Waals surface area contributed by atoms with E-state index in [1.54, 1.807) is 11.3 Å². The van der Waals surface area contributed by atoms with Gasteiger partial charge in [0.2, 0.25) is 0 Å². The molecule has 1 unspecified atom stereocenters. The van der Waals surface area contributed by atoms with Gasteiger partial charge in [0.15, 0.2) is 0 Å². The second-order valence-corrected chi connectivity index (χ2v) is 5.26. The fraction of sp³-hybridized carbons (Fsp3) is 0.357. The number of aromatic nitrogens is 1. The molecule has 96 valence electrons. The number of hydrogen-bond donors (Lipinski definition) is 1. The Labute approximate surface area is 112 Å². The molecule has 0 radical (unpaired) electrons. The van der Waals surface area contributed by atoms with Crippen LogP contribution in [-0.2, 0) is 6.61 Å². The molecule has 0 saturated carbocycles. The number of para-hydroxylation sites is 1. The summed E-state index contributed by atoms with van der Waals surface area (Å²) in [6.07, 6.45) is 0.899. The number of nitrogens with zero attached hydrogens (tertiary/aromatic N) is 1. The lowest BCUT2D eigenvalue weighted by Gasteiger charge is -2.15. The van der Waals surface area contributed by atoms with Gasteiger partial charge in [0.05, 0.1) is 10.7 Å². The minimum atomic E-state index is 0.0263. The summed E-state index contributed by atoms with van der Waals surface area (Å²) in [6.45, 7) is 4.57. The molecular formula is C14H18N2OS. The van der Waals surface area contributed by atoms with Gasteiger partial charge in [0.25, 0.3) is 0 Å². The van der Waals surface area contributed by atoms with Crippen molar-refractivity contribution in [3.63, 3.8) is 0 Å². The van der Waals surface area contributed by atoms with Crippen molar-refractivity contribution in [1.82, 2.24) is 4.98 Å². The topological polar surface area (TPSA) is 48.1 Å². The Kier molecular flexibility index (Phi) is 4.33. The molecule has 2 N–H and O–H groups in total. The lowest BCUT2D eigenvalue weighted by molar-refractivity contribution is 0.296. The van der Waals surface area contributed by atoms with Crippen LogP contribution >= 0.6 is 11.3 Å². The Morgan fingerprint density at radius 3 is 2.83 bits per heavy atom. The van der Waals surface area contributed by atoms with Gasteiger partial charge in [-0.05, 0) is 19.4 Å². The lowest BCUT2D eigenvalue weighted by Crippen LogP contribution is -2.10. The molecule has 0 fully saturated rings. The molecule has 0 spiro atoms. The fourth-order valence-electron chi connectivity index (χ4n) is 1.76. The van der Waals surface area contributed by atoms with Crippen molar-refractivity contribution in [2.75, 3.05) is 0 Å². The standard InChI is InChI=1S/C14H18N2OS/c1-3-13(15)12-6-4-5-7-14(12)17-8-11-9-18-10(2)16-11/h4-7,9,13H,3,8,15H2,1-2H3. The van der Waals surface area contributed by atoms with Crippen molar-refractivity contribution in [2.24, 2.45) is 5.73 Å². The summed E-state index contributed by atoms with van der Waals surface area (Å²) in [5, 5.41) is 3.09. The zero-order valence-corrected chi connectivity index (χ0v) is 11.5. The highest BCUT2D eigenvalue weighted by molar-refractivity contribution is 7.09. The number of aryl methyl sites for hydroxylation is 1. The van der Waals surface area contributed by atoms with E-state index in [-0.39, 0.29) is 6.04 Å². The maximum atomic E-state index is 6.07. The van der Waals surface area contributed by atoms with Crippen molar-refractivity contribution in [1.29, 1.82) is 0 Å². The molecule has 2 rings (SSSR count). The SMILES string of the molecule is CCC(N)c1ccccc1OCc1csc(C)n1. The molecule has 0 aliphatic carbocycles. The number of ether oxygens (including phenoxy) is 1. The Balaban J connectivity index is 2.09. The highest BCUT2D eigenvalue weighted by Gasteiger charge is 2.10. The summed E-state index contributed by atoms with van der Waals surface area (Å²) in [5.74, 6) is 0.859. The molecule has 1 heterocycles. The summed E-state index contributed by atoms with van der Waals surface area (Å²) >= 11 is 1.64. The average molecular weight is 262 g/mol. The van der Waals surface area contributed by atoms with Crippen molar-refractivity contribution < 1.29 is 4.74 Å². The smallest absolute Gasteiger partial charge is 0.131 e. The predicted molar refractivity (Wildman–Crippen MR) is 74.8 cm³/mol. The van der Waals surface area contributed by atoms with Crippen LogP contribution in [0.5, 0.6) is 5.75 Å². The minimum absolute atomic E-state index is 0.0263. The van der Waals surface area contributed by atoms with Crippen LogP contribution in [0.25, 0.3) is 0 Å². The molecule has 1 aromatic carbocycles. The fourth-order valence-corrected chi connectivity index (χ4v) is 2.36. The Bertz CT molecular complexity index is 510. The van der Waals surface area contributed by atoms with E-state index in [1.165, 1.54) is 0 Å². The Hall–Kier alpha value is -1.39. The van der Waals surface area contributed by atoms with E-state index < -0.39 is 0 Å². The number of hydrogen-bond acceptors (Lipinski definition) is 4. The molecule has 0 aliphatic rings. The normalized spacial score (nSPS) is 12.4. The Morgan fingerprint density at radius 2 is 2.17 bits per heavy atom. The monoisotopic (exact) mass is 262 g/mol. The van der Waals surface area contributed by atoms with Crippen LogP contribution < -0.4 is 10.5 Å². The molecule has 1 atom stereocenters. The third-order valence-electron chi connectivity index (χ3n) is 2.80. The van der Waals surface area contributed by atoms with E-state index in [0.717, 1.165) is 28.4 Å². The molecule has 0 bridgehead atoms. The predicted octanol–water partition coefficient (Wildman–Crippen LogP) is 3.44. The maximum absolute atomic E-state index is 6.07. The largest absolute Gasteiger partial charge is 0.487 e. The van der Waals surface area contributed by atoms with E-state index in [2.05, 4.69) is 11.9 Å². The van der Waals surface area contributed by atoms with Crippen molar-refractivity contribution in [3.8, 4) is 5.75 Å².